The fraction of sp³-hybridized carbons (Fsp3) is 0.438. The zero-order valence-electron chi connectivity index (χ0n) is 14.0. The molecular weight excluding hydrogens is 330 g/mol. The van der Waals surface area contributed by atoms with E-state index < -0.39 is 30.3 Å². The van der Waals surface area contributed by atoms with Gasteiger partial charge in [0.1, 0.15) is 18.3 Å². The molecule has 1 aromatic carbocycles. The summed E-state index contributed by atoms with van der Waals surface area (Å²) in [4.78, 5) is 23.1. The van der Waals surface area contributed by atoms with Crippen LogP contribution in [-0.4, -0.2) is 62.9 Å². The Kier molecular flexibility index (Phi) is 8.16. The van der Waals surface area contributed by atoms with Gasteiger partial charge in [0.05, 0.1) is 12.3 Å². The molecule has 25 heavy (non-hydrogen) atoms. The van der Waals surface area contributed by atoms with Crippen molar-refractivity contribution in [3.05, 3.63) is 29.8 Å². The van der Waals surface area contributed by atoms with E-state index in [2.05, 4.69) is 15.8 Å². The molecule has 0 bridgehead atoms. The normalized spacial score (nSPS) is 16.1. The molecule has 0 fully saturated rings. The number of amides is 2. The highest BCUT2D eigenvalue weighted by Crippen LogP contribution is 2.10. The lowest BCUT2D eigenvalue weighted by molar-refractivity contribution is -0.115. The second kappa shape index (κ2) is 9.84. The van der Waals surface area contributed by atoms with Crippen molar-refractivity contribution >= 4 is 23.7 Å². The Morgan fingerprint density at radius 1 is 1.12 bits per heavy atom. The maximum absolute atomic E-state index is 11.9. The van der Waals surface area contributed by atoms with E-state index in [9.17, 15) is 24.9 Å². The monoisotopic (exact) mass is 353 g/mol. The molecule has 1 aromatic rings. The summed E-state index contributed by atoms with van der Waals surface area (Å²) < 4.78 is 0. The van der Waals surface area contributed by atoms with Crippen molar-refractivity contribution in [1.82, 2.24) is 5.43 Å². The summed E-state index contributed by atoms with van der Waals surface area (Å²) >= 11 is 0. The van der Waals surface area contributed by atoms with Crippen LogP contribution in [0.3, 0.4) is 0 Å². The minimum Gasteiger partial charge on any atom is -0.391 e. The highest BCUT2D eigenvalue weighted by molar-refractivity contribution is 5.95. The number of aliphatic hydroxyl groups excluding tert-OH is 4. The highest BCUT2D eigenvalue weighted by atomic mass is 16.4. The minimum absolute atomic E-state index is 0.145. The van der Waals surface area contributed by atoms with Gasteiger partial charge in [0.2, 0.25) is 5.91 Å². The second-order valence-corrected chi connectivity index (χ2v) is 5.41. The zero-order chi connectivity index (χ0) is 19.0. The smallest absolute Gasteiger partial charge is 0.271 e. The summed E-state index contributed by atoms with van der Waals surface area (Å²) in [7, 11) is 0. The average Bonchev–Trinajstić information content (AvgIpc) is 2.60. The van der Waals surface area contributed by atoms with Gasteiger partial charge in [-0.2, -0.15) is 5.10 Å². The van der Waals surface area contributed by atoms with Gasteiger partial charge in [-0.15, -0.1) is 0 Å². The fourth-order valence-corrected chi connectivity index (χ4v) is 1.77. The first-order valence-corrected chi connectivity index (χ1v) is 7.72. The molecular formula is C16H23N3O6. The number of anilines is 1. The summed E-state index contributed by atoms with van der Waals surface area (Å²) in [5, 5.41) is 43.9. The van der Waals surface area contributed by atoms with Crippen molar-refractivity contribution in [3.63, 3.8) is 0 Å². The maximum atomic E-state index is 11.9. The van der Waals surface area contributed by atoms with Crippen LogP contribution in [0.1, 0.15) is 30.6 Å². The molecule has 0 saturated carbocycles. The van der Waals surface area contributed by atoms with Crippen LogP contribution < -0.4 is 10.7 Å². The van der Waals surface area contributed by atoms with Gasteiger partial charge in [0.25, 0.3) is 5.91 Å². The molecule has 1 rings (SSSR count). The van der Waals surface area contributed by atoms with Crippen molar-refractivity contribution in [2.75, 3.05) is 5.32 Å². The number of carbonyl (C=O) groups excluding carboxylic acids is 2. The fourth-order valence-electron chi connectivity index (χ4n) is 1.77. The van der Waals surface area contributed by atoms with Crippen LogP contribution >= 0.6 is 0 Å². The number of hydrazone groups is 1. The van der Waals surface area contributed by atoms with Crippen molar-refractivity contribution in [2.45, 2.75) is 44.7 Å². The molecule has 2 amide bonds. The molecule has 0 heterocycles. The van der Waals surface area contributed by atoms with E-state index in [1.54, 1.807) is 19.1 Å². The van der Waals surface area contributed by atoms with E-state index in [1.807, 2.05) is 0 Å². The van der Waals surface area contributed by atoms with E-state index in [0.29, 0.717) is 12.1 Å². The van der Waals surface area contributed by atoms with E-state index in [-0.39, 0.29) is 11.5 Å². The number of hydrogen-bond donors (Lipinski definition) is 6. The molecule has 4 atom stereocenters. The Balaban J connectivity index is 2.57. The van der Waals surface area contributed by atoms with Gasteiger partial charge in [-0.1, -0.05) is 6.92 Å². The summed E-state index contributed by atoms with van der Waals surface area (Å²) in [5.74, 6) is -0.712. The third-order valence-corrected chi connectivity index (χ3v) is 3.34. The summed E-state index contributed by atoms with van der Waals surface area (Å²) in [6.45, 7) is 2.98. The average molecular weight is 353 g/mol. The van der Waals surface area contributed by atoms with Crippen LogP contribution in [0.4, 0.5) is 5.69 Å². The van der Waals surface area contributed by atoms with E-state index in [0.717, 1.165) is 6.21 Å². The molecule has 9 nitrogen and oxygen atoms in total. The first-order chi connectivity index (χ1) is 11.8. The molecule has 0 saturated heterocycles. The van der Waals surface area contributed by atoms with Gasteiger partial charge < -0.3 is 25.7 Å². The minimum atomic E-state index is -1.65. The first-order valence-electron chi connectivity index (χ1n) is 7.72. The lowest BCUT2D eigenvalue weighted by Crippen LogP contribution is -2.44. The van der Waals surface area contributed by atoms with Gasteiger partial charge >= 0.3 is 0 Å². The Morgan fingerprint density at radius 3 is 2.24 bits per heavy atom. The summed E-state index contributed by atoms with van der Waals surface area (Å²) in [6.07, 6.45) is -4.83. The molecule has 138 valence electrons. The first kappa shape index (κ1) is 20.7. The van der Waals surface area contributed by atoms with Gasteiger partial charge in [0, 0.05) is 17.7 Å². The second-order valence-electron chi connectivity index (χ2n) is 5.41. The third-order valence-electron chi connectivity index (χ3n) is 3.34. The van der Waals surface area contributed by atoms with Crippen LogP contribution in [0.15, 0.2) is 29.4 Å². The van der Waals surface area contributed by atoms with Crippen molar-refractivity contribution in [2.24, 2.45) is 5.10 Å². The van der Waals surface area contributed by atoms with E-state index in [4.69, 9.17) is 5.11 Å². The molecule has 9 heteroatoms. The lowest BCUT2D eigenvalue weighted by atomic mass is 10.1. The van der Waals surface area contributed by atoms with Crippen LogP contribution in [0.25, 0.3) is 0 Å². The topological polar surface area (TPSA) is 151 Å². The SMILES string of the molecule is CCC(=O)Nc1ccc(C(=O)NN=C[C@H](O)[C@H](O)[C@@H](O)[C@@H](C)O)cc1. The Bertz CT molecular complexity index is 602. The Labute approximate surface area is 145 Å². The van der Waals surface area contributed by atoms with Crippen LogP contribution in [0, 0.1) is 0 Å². The Hall–Kier alpha value is -2.33. The number of carbonyl (C=O) groups is 2. The van der Waals surface area contributed by atoms with Crippen LogP contribution in [0.5, 0.6) is 0 Å². The van der Waals surface area contributed by atoms with Gasteiger partial charge in [-0.3, -0.25) is 9.59 Å². The number of benzene rings is 1. The molecule has 0 radical (unpaired) electrons. The van der Waals surface area contributed by atoms with Crippen molar-refractivity contribution < 1.29 is 30.0 Å². The summed E-state index contributed by atoms with van der Waals surface area (Å²) in [6, 6.07) is 6.09. The van der Waals surface area contributed by atoms with Crippen molar-refractivity contribution in [1.29, 1.82) is 0 Å². The molecule has 0 aliphatic rings. The molecule has 0 aliphatic heterocycles. The number of hydrogen-bond acceptors (Lipinski definition) is 7. The van der Waals surface area contributed by atoms with Gasteiger partial charge in [0.15, 0.2) is 0 Å². The zero-order valence-corrected chi connectivity index (χ0v) is 14.0. The molecule has 0 spiro atoms. The maximum Gasteiger partial charge on any atom is 0.271 e. The third kappa shape index (κ3) is 6.59. The van der Waals surface area contributed by atoms with Gasteiger partial charge in [-0.05, 0) is 31.2 Å². The largest absolute Gasteiger partial charge is 0.391 e. The number of rotatable bonds is 8. The van der Waals surface area contributed by atoms with Gasteiger partial charge in [-0.25, -0.2) is 5.43 Å². The van der Waals surface area contributed by atoms with Crippen LogP contribution in [-0.2, 0) is 4.79 Å². The molecule has 0 aromatic heterocycles. The number of aliphatic hydroxyl groups is 4. The highest BCUT2D eigenvalue weighted by Gasteiger charge is 2.27. The van der Waals surface area contributed by atoms with Crippen LogP contribution in [0.2, 0.25) is 0 Å². The summed E-state index contributed by atoms with van der Waals surface area (Å²) in [5.41, 5.74) is 2.97. The molecule has 0 aliphatic carbocycles. The predicted octanol–water partition coefficient (Wildman–Crippen LogP) is -0.786. The molecule has 0 unspecified atom stereocenters. The Morgan fingerprint density at radius 2 is 1.72 bits per heavy atom. The molecule has 6 N–H and O–H groups in total. The lowest BCUT2D eigenvalue weighted by Gasteiger charge is -2.22. The predicted molar refractivity (Wildman–Crippen MR) is 91.0 cm³/mol. The van der Waals surface area contributed by atoms with E-state index in [1.165, 1.54) is 19.1 Å². The number of nitrogens with zero attached hydrogens (tertiary/aromatic N) is 1. The standard InChI is InChI=1S/C16H23N3O6/c1-3-13(22)18-11-6-4-10(5-7-11)16(25)19-17-8-12(21)15(24)14(23)9(2)20/h4-9,12,14-15,20-21,23-24H,3H2,1-2H3,(H,18,22)(H,19,25)/t9-,12+,14+,15+/m1/s1. The van der Waals surface area contributed by atoms with E-state index >= 15 is 0 Å². The number of nitrogens with one attached hydrogen (secondary N) is 2. The quantitative estimate of drug-likeness (QED) is 0.266. The van der Waals surface area contributed by atoms with Crippen molar-refractivity contribution in [3.8, 4) is 0 Å².